The molecule has 150 valence electrons. The van der Waals surface area contributed by atoms with Crippen LogP contribution in [0, 0.1) is 5.41 Å². The fourth-order valence-corrected chi connectivity index (χ4v) is 3.58. The van der Waals surface area contributed by atoms with Gasteiger partial charge in [-0.05, 0) is 37.9 Å². The van der Waals surface area contributed by atoms with E-state index in [2.05, 4.69) is 9.88 Å². The Kier molecular flexibility index (Phi) is 4.98. The Morgan fingerprint density at radius 1 is 1.21 bits per heavy atom. The van der Waals surface area contributed by atoms with E-state index < -0.39 is 0 Å². The van der Waals surface area contributed by atoms with Crippen LogP contribution in [0.15, 0.2) is 48.8 Å². The lowest BCUT2D eigenvalue weighted by molar-refractivity contribution is 0.370. The lowest BCUT2D eigenvalue weighted by Gasteiger charge is -2.28. The molecule has 2 aromatic carbocycles. The van der Waals surface area contributed by atoms with Crippen LogP contribution in [0.4, 0.5) is 0 Å². The molecule has 0 saturated carbocycles. The molecule has 3 aromatic rings. The van der Waals surface area contributed by atoms with E-state index in [1.165, 1.54) is 0 Å². The molecule has 0 radical (unpaired) electrons. The van der Waals surface area contributed by atoms with Crippen LogP contribution >= 0.6 is 0 Å². The molecule has 7 nitrogen and oxygen atoms in total. The van der Waals surface area contributed by atoms with E-state index in [0.717, 1.165) is 29.0 Å². The number of rotatable bonds is 5. The number of nitrogens with zero attached hydrogens (tertiary/aromatic N) is 3. The number of likely N-dealkylation sites (N-methyl/N-ethyl adjacent to an activating group) is 1. The molecule has 0 fully saturated rings. The third kappa shape index (κ3) is 3.56. The maximum atomic E-state index is 9.92. The van der Waals surface area contributed by atoms with Crippen molar-refractivity contribution < 1.29 is 14.6 Å². The minimum Gasteiger partial charge on any atom is -0.508 e. The smallest absolute Gasteiger partial charge is 0.228 e. The zero-order valence-electron chi connectivity index (χ0n) is 16.7. The number of phenols is 1. The van der Waals surface area contributed by atoms with Crippen LogP contribution in [0.3, 0.4) is 0 Å². The number of ether oxygens (including phenoxy) is 2. The number of aromatic hydroxyl groups is 1. The fourth-order valence-electron chi connectivity index (χ4n) is 3.58. The zero-order valence-corrected chi connectivity index (χ0v) is 16.7. The highest BCUT2D eigenvalue weighted by Gasteiger charge is 2.32. The molecule has 1 aromatic heterocycles. The molecule has 0 bridgehead atoms. The second kappa shape index (κ2) is 7.60. The van der Waals surface area contributed by atoms with Gasteiger partial charge in [0, 0.05) is 30.6 Å². The molecule has 0 spiro atoms. The van der Waals surface area contributed by atoms with Crippen molar-refractivity contribution >= 4 is 0 Å². The van der Waals surface area contributed by atoms with Gasteiger partial charge < -0.3 is 24.0 Å². The van der Waals surface area contributed by atoms with E-state index in [1.54, 1.807) is 25.6 Å². The van der Waals surface area contributed by atoms with Crippen LogP contribution in [0.2, 0.25) is 0 Å². The first-order valence-corrected chi connectivity index (χ1v) is 9.41. The average molecular weight is 392 g/mol. The fraction of sp³-hybridized carbons (Fsp3) is 0.273. The first kappa shape index (κ1) is 19.0. The van der Waals surface area contributed by atoms with Crippen molar-refractivity contribution in [1.82, 2.24) is 14.5 Å². The second-order valence-electron chi connectivity index (χ2n) is 7.34. The van der Waals surface area contributed by atoms with Gasteiger partial charge in [0.05, 0.1) is 12.7 Å². The van der Waals surface area contributed by atoms with Gasteiger partial charge in [-0.2, -0.15) is 0 Å². The number of methoxy groups -OCH3 is 1. The van der Waals surface area contributed by atoms with E-state index in [1.807, 2.05) is 49.0 Å². The minimum atomic E-state index is -0.230. The molecule has 29 heavy (non-hydrogen) atoms. The van der Waals surface area contributed by atoms with Gasteiger partial charge >= 0.3 is 0 Å². The van der Waals surface area contributed by atoms with Gasteiger partial charge in [0.2, 0.25) is 5.88 Å². The van der Waals surface area contributed by atoms with Crippen molar-refractivity contribution in [1.29, 1.82) is 5.41 Å². The highest BCUT2D eigenvalue weighted by Crippen LogP contribution is 2.46. The largest absolute Gasteiger partial charge is 0.508 e. The van der Waals surface area contributed by atoms with Gasteiger partial charge in [-0.1, -0.05) is 18.2 Å². The molecule has 2 N–H and O–H groups in total. The quantitative estimate of drug-likeness (QED) is 0.546. The van der Waals surface area contributed by atoms with Gasteiger partial charge in [0.25, 0.3) is 0 Å². The summed E-state index contributed by atoms with van der Waals surface area (Å²) in [5.74, 6) is 1.62. The molecular weight excluding hydrogens is 368 g/mol. The zero-order chi connectivity index (χ0) is 20.5. The maximum absolute atomic E-state index is 9.92. The highest BCUT2D eigenvalue weighted by atomic mass is 16.5. The number of aromatic nitrogens is 2. The number of nitrogens with one attached hydrogen (secondary N) is 1. The molecule has 1 aliphatic heterocycles. The number of fused-ring (bicyclic) bond motifs is 2. The van der Waals surface area contributed by atoms with Gasteiger partial charge in [-0.25, -0.2) is 4.98 Å². The predicted molar refractivity (Wildman–Crippen MR) is 109 cm³/mol. The summed E-state index contributed by atoms with van der Waals surface area (Å²) in [5.41, 5.74) is 2.98. The topological polar surface area (TPSA) is 83.6 Å². The van der Waals surface area contributed by atoms with Gasteiger partial charge in [0.1, 0.15) is 29.1 Å². The van der Waals surface area contributed by atoms with Crippen LogP contribution in [0.1, 0.15) is 22.6 Å². The van der Waals surface area contributed by atoms with E-state index in [0.29, 0.717) is 23.7 Å². The third-order valence-corrected chi connectivity index (χ3v) is 5.13. The van der Waals surface area contributed by atoms with E-state index in [-0.39, 0.29) is 11.7 Å². The van der Waals surface area contributed by atoms with E-state index in [9.17, 15) is 5.11 Å². The first-order chi connectivity index (χ1) is 14.0. The predicted octanol–water partition coefficient (Wildman–Crippen LogP) is 2.92. The average Bonchev–Trinajstić information content (AvgIpc) is 2.71. The summed E-state index contributed by atoms with van der Waals surface area (Å²) < 4.78 is 13.1. The van der Waals surface area contributed by atoms with Crippen LogP contribution in [0.5, 0.6) is 23.1 Å². The normalized spacial score (nSPS) is 14.8. The first-order valence-electron chi connectivity index (χ1n) is 9.41. The van der Waals surface area contributed by atoms with Crippen LogP contribution in [-0.2, 0) is 6.54 Å². The molecule has 1 aliphatic rings. The molecule has 0 aliphatic carbocycles. The number of phenolic OH excluding ortho intramolecular Hbond substituents is 1. The molecule has 4 rings (SSSR count). The SMILES string of the molecule is COc1ccc([C@@H]2c3ccc(O)cc3Oc3ncn(CCN(C)C)c(=N)c32)cc1. The summed E-state index contributed by atoms with van der Waals surface area (Å²) in [7, 11) is 5.64. The lowest BCUT2D eigenvalue weighted by Crippen LogP contribution is -2.32. The molecule has 0 amide bonds. The Bertz CT molecular complexity index is 1090. The molecule has 7 heteroatoms. The Morgan fingerprint density at radius 3 is 2.66 bits per heavy atom. The molecular formula is C22H24N4O3. The van der Waals surface area contributed by atoms with Crippen LogP contribution in [0.25, 0.3) is 0 Å². The van der Waals surface area contributed by atoms with Crippen molar-refractivity contribution in [3.8, 4) is 23.1 Å². The van der Waals surface area contributed by atoms with E-state index in [4.69, 9.17) is 14.9 Å². The standard InChI is InChI=1S/C22H24N4O3/c1-25(2)10-11-26-13-24-22-20(21(26)23)19(14-4-7-16(28-3)8-5-14)17-9-6-15(27)12-18(17)29-22/h4-9,12-13,19,23,27H,10-11H2,1-3H3/t19-/m1/s1. The van der Waals surface area contributed by atoms with Crippen LogP contribution in [-0.4, -0.2) is 47.3 Å². The Balaban J connectivity index is 1.88. The Hall–Kier alpha value is -3.32. The van der Waals surface area contributed by atoms with Crippen molar-refractivity contribution in [2.45, 2.75) is 12.5 Å². The van der Waals surface area contributed by atoms with Gasteiger partial charge in [0.15, 0.2) is 0 Å². The van der Waals surface area contributed by atoms with Crippen LogP contribution < -0.4 is 15.0 Å². The summed E-state index contributed by atoms with van der Waals surface area (Å²) in [6, 6.07) is 12.9. The van der Waals surface area contributed by atoms with Crippen molar-refractivity contribution in [2.24, 2.45) is 0 Å². The number of benzene rings is 2. The Morgan fingerprint density at radius 2 is 1.97 bits per heavy atom. The van der Waals surface area contributed by atoms with E-state index >= 15 is 0 Å². The molecule has 0 saturated heterocycles. The molecule has 1 atom stereocenters. The summed E-state index contributed by atoms with van der Waals surface area (Å²) in [4.78, 5) is 6.56. The Labute approximate surface area is 169 Å². The molecule has 0 unspecified atom stereocenters. The van der Waals surface area contributed by atoms with Crippen molar-refractivity contribution in [2.75, 3.05) is 27.7 Å². The number of hydrogen-bond donors (Lipinski definition) is 2. The number of hydrogen-bond acceptors (Lipinski definition) is 6. The molecule has 2 heterocycles. The minimum absolute atomic E-state index is 0.128. The highest BCUT2D eigenvalue weighted by molar-refractivity contribution is 5.57. The lowest BCUT2D eigenvalue weighted by atomic mass is 9.84. The summed E-state index contributed by atoms with van der Waals surface area (Å²) in [5, 5.41) is 18.8. The van der Waals surface area contributed by atoms with Crippen molar-refractivity contribution in [3.05, 3.63) is 71.0 Å². The van der Waals surface area contributed by atoms with Gasteiger partial charge in [-0.3, -0.25) is 5.41 Å². The maximum Gasteiger partial charge on any atom is 0.228 e. The summed E-state index contributed by atoms with van der Waals surface area (Å²) in [6.45, 7) is 1.46. The second-order valence-corrected chi connectivity index (χ2v) is 7.34. The summed E-state index contributed by atoms with van der Waals surface area (Å²) in [6.07, 6.45) is 1.64. The monoisotopic (exact) mass is 392 g/mol. The van der Waals surface area contributed by atoms with Gasteiger partial charge in [-0.15, -0.1) is 0 Å². The van der Waals surface area contributed by atoms with Crippen molar-refractivity contribution in [3.63, 3.8) is 0 Å². The third-order valence-electron chi connectivity index (χ3n) is 5.13. The summed E-state index contributed by atoms with van der Waals surface area (Å²) >= 11 is 0.